The Labute approximate surface area is 224 Å². The molecule has 0 saturated carbocycles. The molecular formula is C20H25N2NaO11S. The second-order valence-electron chi connectivity index (χ2n) is 6.98. The van der Waals surface area contributed by atoms with Crippen molar-refractivity contribution in [1.29, 1.82) is 0 Å². The first-order chi connectivity index (χ1) is 15.8. The van der Waals surface area contributed by atoms with Gasteiger partial charge >= 0.3 is 53.4 Å². The second-order valence-corrected chi connectivity index (χ2v) is 8.40. The normalized spacial score (nSPS) is 10.8. The zero-order valence-corrected chi connectivity index (χ0v) is 21.6. The summed E-state index contributed by atoms with van der Waals surface area (Å²) in [7, 11) is -4.09. The Morgan fingerprint density at radius 3 is 1.40 bits per heavy atom. The molecule has 0 spiro atoms. The van der Waals surface area contributed by atoms with E-state index in [1.807, 2.05) is 18.2 Å². The number of nitrogens with zero attached hydrogens (tertiary/aromatic N) is 2. The molecule has 2 aromatic carbocycles. The third-order valence-electron chi connectivity index (χ3n) is 4.19. The van der Waals surface area contributed by atoms with Crippen molar-refractivity contribution in [2.75, 3.05) is 39.3 Å². The summed E-state index contributed by atoms with van der Waals surface area (Å²) in [5, 5.41) is 36.2. The Balaban J connectivity index is 0. The van der Waals surface area contributed by atoms with Crippen LogP contribution in [0.3, 0.4) is 0 Å². The van der Waals surface area contributed by atoms with E-state index in [9.17, 15) is 27.6 Å². The SMILES string of the molecule is O=C(O)CN(CCN(CC(=O)O)CC(=O)O)CC(=O)O.O=S(=O)(O)c1ccc2ccccc2c1.[H-].[Na+]. The van der Waals surface area contributed by atoms with Crippen LogP contribution in [0.4, 0.5) is 0 Å². The number of benzene rings is 2. The van der Waals surface area contributed by atoms with Gasteiger partial charge in [-0.05, 0) is 22.9 Å². The fraction of sp³-hybridized carbons (Fsp3) is 0.300. The summed E-state index contributed by atoms with van der Waals surface area (Å²) in [6.07, 6.45) is 0. The number of aliphatic carboxylic acids is 4. The molecule has 15 heteroatoms. The number of hydrogen-bond acceptors (Lipinski definition) is 8. The molecule has 0 saturated heterocycles. The van der Waals surface area contributed by atoms with Gasteiger partial charge in [0.25, 0.3) is 10.1 Å². The Morgan fingerprint density at radius 2 is 1.06 bits per heavy atom. The van der Waals surface area contributed by atoms with E-state index in [4.69, 9.17) is 25.0 Å². The molecule has 0 atom stereocenters. The Kier molecular flexibility index (Phi) is 14.3. The zero-order chi connectivity index (χ0) is 25.9. The molecule has 0 unspecified atom stereocenters. The van der Waals surface area contributed by atoms with E-state index in [2.05, 4.69) is 0 Å². The zero-order valence-electron chi connectivity index (χ0n) is 19.8. The largest absolute Gasteiger partial charge is 1.00 e. The molecular weight excluding hydrogens is 499 g/mol. The van der Waals surface area contributed by atoms with E-state index in [0.29, 0.717) is 0 Å². The van der Waals surface area contributed by atoms with Gasteiger partial charge < -0.3 is 21.9 Å². The summed E-state index contributed by atoms with van der Waals surface area (Å²) in [6.45, 7) is -2.25. The summed E-state index contributed by atoms with van der Waals surface area (Å²) in [4.78, 5) is 44.3. The minimum atomic E-state index is -4.09. The molecule has 0 aliphatic carbocycles. The van der Waals surface area contributed by atoms with Crippen molar-refractivity contribution in [1.82, 2.24) is 9.80 Å². The fourth-order valence-corrected chi connectivity index (χ4v) is 3.32. The van der Waals surface area contributed by atoms with Crippen molar-refractivity contribution < 1.29 is 83.6 Å². The maximum atomic E-state index is 10.8. The van der Waals surface area contributed by atoms with Crippen LogP contribution in [0.2, 0.25) is 0 Å². The van der Waals surface area contributed by atoms with Crippen molar-refractivity contribution >= 4 is 44.8 Å². The molecule has 0 amide bonds. The van der Waals surface area contributed by atoms with Crippen LogP contribution in [0.1, 0.15) is 1.43 Å². The standard InChI is InChI=1S/C10H16N2O8.C10H8O3S.Na.H/c13-7(14)3-11(4-8(15)16)1-2-12(5-9(17)18)6-10(19)20;11-14(12,13)10-6-5-8-3-1-2-4-9(8)7-10;;/h1-6H2,(H,13,14)(H,15,16)(H,17,18)(H,19,20);1-7H,(H,11,12,13);;/q;;+1;-1. The molecule has 2 rings (SSSR count). The van der Waals surface area contributed by atoms with Gasteiger partial charge in [0.15, 0.2) is 0 Å². The number of carbonyl (C=O) groups is 4. The molecule has 0 radical (unpaired) electrons. The van der Waals surface area contributed by atoms with Crippen LogP contribution >= 0.6 is 0 Å². The van der Waals surface area contributed by atoms with E-state index in [-0.39, 0.29) is 49.0 Å². The van der Waals surface area contributed by atoms with E-state index >= 15 is 0 Å². The smallest absolute Gasteiger partial charge is 1.00 e. The third-order valence-corrected chi connectivity index (χ3v) is 5.04. The molecule has 188 valence electrons. The van der Waals surface area contributed by atoms with Gasteiger partial charge in [0, 0.05) is 13.1 Å². The first-order valence-electron chi connectivity index (χ1n) is 9.56. The summed E-state index contributed by atoms with van der Waals surface area (Å²) >= 11 is 0. The molecule has 0 fully saturated rings. The van der Waals surface area contributed by atoms with Crippen LogP contribution in [0.15, 0.2) is 47.4 Å². The minimum Gasteiger partial charge on any atom is -1.00 e. The molecule has 0 heterocycles. The van der Waals surface area contributed by atoms with Gasteiger partial charge in [-0.25, -0.2) is 0 Å². The third kappa shape index (κ3) is 13.8. The molecule has 35 heavy (non-hydrogen) atoms. The Hall–Kier alpha value is -2.59. The maximum Gasteiger partial charge on any atom is 1.00 e. The van der Waals surface area contributed by atoms with E-state index in [1.54, 1.807) is 12.1 Å². The number of carboxylic acids is 4. The van der Waals surface area contributed by atoms with Gasteiger partial charge in [0.05, 0.1) is 31.1 Å². The quantitative estimate of drug-likeness (QED) is 0.140. The molecule has 5 N–H and O–H groups in total. The van der Waals surface area contributed by atoms with Crippen molar-refractivity contribution in [3.8, 4) is 0 Å². The summed E-state index contributed by atoms with van der Waals surface area (Å²) in [6, 6.07) is 11.9. The molecule has 0 aliphatic heterocycles. The van der Waals surface area contributed by atoms with Crippen LogP contribution < -0.4 is 29.6 Å². The van der Waals surface area contributed by atoms with Crippen LogP contribution in [0.5, 0.6) is 0 Å². The van der Waals surface area contributed by atoms with Crippen molar-refractivity contribution in [2.45, 2.75) is 4.90 Å². The van der Waals surface area contributed by atoms with Crippen molar-refractivity contribution in [2.24, 2.45) is 0 Å². The monoisotopic (exact) mass is 524 g/mol. The minimum absolute atomic E-state index is 0. The fourth-order valence-electron chi connectivity index (χ4n) is 2.80. The topological polar surface area (TPSA) is 210 Å². The molecule has 0 aliphatic rings. The molecule has 0 bridgehead atoms. The summed E-state index contributed by atoms with van der Waals surface area (Å²) in [5.41, 5.74) is 0. The van der Waals surface area contributed by atoms with E-state index < -0.39 is 60.2 Å². The Morgan fingerprint density at radius 1 is 0.686 bits per heavy atom. The first kappa shape index (κ1) is 32.4. The van der Waals surface area contributed by atoms with Gasteiger partial charge in [0.2, 0.25) is 0 Å². The number of hydrogen-bond donors (Lipinski definition) is 5. The number of fused-ring (bicyclic) bond motifs is 1. The van der Waals surface area contributed by atoms with Crippen LogP contribution in [0.25, 0.3) is 10.8 Å². The van der Waals surface area contributed by atoms with E-state index in [1.165, 1.54) is 12.1 Å². The second kappa shape index (κ2) is 15.4. The summed E-state index contributed by atoms with van der Waals surface area (Å²) in [5.74, 6) is -4.91. The van der Waals surface area contributed by atoms with Gasteiger partial charge in [0.1, 0.15) is 0 Å². The first-order valence-corrected chi connectivity index (χ1v) is 11.0. The van der Waals surface area contributed by atoms with Crippen LogP contribution in [0, 0.1) is 0 Å². The van der Waals surface area contributed by atoms with Crippen LogP contribution in [-0.2, 0) is 29.3 Å². The van der Waals surface area contributed by atoms with Crippen molar-refractivity contribution in [3.05, 3.63) is 42.5 Å². The molecule has 2 aromatic rings. The van der Waals surface area contributed by atoms with Gasteiger partial charge in [-0.3, -0.25) is 33.5 Å². The average Bonchev–Trinajstić information content (AvgIpc) is 2.69. The van der Waals surface area contributed by atoms with Gasteiger partial charge in [-0.2, -0.15) is 8.42 Å². The molecule has 13 nitrogen and oxygen atoms in total. The predicted molar refractivity (Wildman–Crippen MR) is 118 cm³/mol. The van der Waals surface area contributed by atoms with E-state index in [0.717, 1.165) is 20.6 Å². The Bertz CT molecular complexity index is 1080. The van der Waals surface area contributed by atoms with Gasteiger partial charge in [-0.1, -0.05) is 30.3 Å². The predicted octanol–water partition coefficient (Wildman–Crippen LogP) is -2.87. The summed E-state index contributed by atoms with van der Waals surface area (Å²) < 4.78 is 30.5. The maximum absolute atomic E-state index is 10.8. The number of carboxylic acid groups (broad SMARTS) is 4. The average molecular weight is 524 g/mol. The van der Waals surface area contributed by atoms with Crippen molar-refractivity contribution in [3.63, 3.8) is 0 Å². The van der Waals surface area contributed by atoms with Gasteiger partial charge in [-0.15, -0.1) is 0 Å². The van der Waals surface area contributed by atoms with Crippen LogP contribution in [-0.4, -0.2) is 106 Å². The molecule has 0 aromatic heterocycles. The number of rotatable bonds is 12.